The van der Waals surface area contributed by atoms with E-state index in [1.807, 2.05) is 23.1 Å². The summed E-state index contributed by atoms with van der Waals surface area (Å²) in [5, 5.41) is 20.8. The van der Waals surface area contributed by atoms with Crippen molar-refractivity contribution in [2.24, 2.45) is 5.41 Å². The normalized spacial score (nSPS) is 27.5. The van der Waals surface area contributed by atoms with Gasteiger partial charge in [0.25, 0.3) is 0 Å². The average Bonchev–Trinajstić information content (AvgIpc) is 2.76. The van der Waals surface area contributed by atoms with Crippen LogP contribution in [0.25, 0.3) is 0 Å². The number of carbonyl (C=O) groups excluding carboxylic acids is 1. The van der Waals surface area contributed by atoms with E-state index in [-0.39, 0.29) is 12.5 Å². The summed E-state index contributed by atoms with van der Waals surface area (Å²) in [6.45, 7) is 1.46. The number of methoxy groups -OCH3 is 1. The Morgan fingerprint density at radius 1 is 1.21 bits per heavy atom. The van der Waals surface area contributed by atoms with Gasteiger partial charge < -0.3 is 19.8 Å². The van der Waals surface area contributed by atoms with E-state index >= 15 is 0 Å². The lowest BCUT2D eigenvalue weighted by atomic mass is 9.67. The fourth-order valence-corrected chi connectivity index (χ4v) is 5.21. The molecule has 1 aromatic carbocycles. The van der Waals surface area contributed by atoms with Crippen molar-refractivity contribution in [3.8, 4) is 0 Å². The third-order valence-corrected chi connectivity index (χ3v) is 6.95. The van der Waals surface area contributed by atoms with Gasteiger partial charge in [0.1, 0.15) is 0 Å². The van der Waals surface area contributed by atoms with Crippen LogP contribution in [-0.4, -0.2) is 60.5 Å². The molecule has 1 heterocycles. The van der Waals surface area contributed by atoms with Crippen molar-refractivity contribution in [2.45, 2.75) is 62.9 Å². The van der Waals surface area contributed by atoms with Gasteiger partial charge in [0.15, 0.2) is 0 Å². The molecule has 5 heteroatoms. The number of likely N-dealkylation sites (tertiary alicyclic amines) is 1. The number of nitrogens with zero attached hydrogens (tertiary/aromatic N) is 1. The van der Waals surface area contributed by atoms with Crippen LogP contribution in [0.5, 0.6) is 0 Å². The molecule has 156 valence electrons. The molecule has 0 aromatic heterocycles. The highest BCUT2D eigenvalue weighted by Crippen LogP contribution is 2.43. The molecule has 1 amide bonds. The minimum atomic E-state index is -0.654. The van der Waals surface area contributed by atoms with Gasteiger partial charge in [-0.15, -0.1) is 0 Å². The molecule has 2 fully saturated rings. The van der Waals surface area contributed by atoms with Crippen molar-refractivity contribution < 1.29 is 19.7 Å². The van der Waals surface area contributed by atoms with E-state index in [2.05, 4.69) is 12.1 Å². The topological polar surface area (TPSA) is 70.0 Å². The summed E-state index contributed by atoms with van der Waals surface area (Å²) in [5.74, 6) is 0.176. The van der Waals surface area contributed by atoms with Crippen molar-refractivity contribution in [3.63, 3.8) is 0 Å². The summed E-state index contributed by atoms with van der Waals surface area (Å²) in [6.07, 6.45) is 6.42. The number of piperidine rings is 1. The van der Waals surface area contributed by atoms with Crippen LogP contribution >= 0.6 is 0 Å². The van der Waals surface area contributed by atoms with Gasteiger partial charge in [0, 0.05) is 32.2 Å². The second-order valence-electron chi connectivity index (χ2n) is 8.66. The minimum Gasteiger partial charge on any atom is -0.396 e. The molecule has 2 aliphatic rings. The van der Waals surface area contributed by atoms with Crippen LogP contribution in [0, 0.1) is 5.41 Å². The zero-order chi connectivity index (χ0) is 20.0. The SMILES string of the molecule is COCCC[C@@]1(CO)CN(C(=O)C2(c3ccccc3)CCCCC2)CC[C@H]1O. The third-order valence-electron chi connectivity index (χ3n) is 6.95. The van der Waals surface area contributed by atoms with Gasteiger partial charge in [-0.3, -0.25) is 4.79 Å². The molecule has 1 saturated carbocycles. The van der Waals surface area contributed by atoms with Crippen molar-refractivity contribution in [2.75, 3.05) is 33.4 Å². The zero-order valence-corrected chi connectivity index (χ0v) is 17.1. The zero-order valence-electron chi connectivity index (χ0n) is 17.1. The summed E-state index contributed by atoms with van der Waals surface area (Å²) >= 11 is 0. The molecule has 0 spiro atoms. The number of ether oxygens (including phenoxy) is 1. The molecule has 2 atom stereocenters. The van der Waals surface area contributed by atoms with Crippen LogP contribution in [0.4, 0.5) is 0 Å². The first-order valence-corrected chi connectivity index (χ1v) is 10.7. The van der Waals surface area contributed by atoms with Crippen LogP contribution in [0.2, 0.25) is 0 Å². The number of carbonyl (C=O) groups is 1. The van der Waals surface area contributed by atoms with E-state index in [1.165, 1.54) is 6.42 Å². The Hall–Kier alpha value is -1.43. The van der Waals surface area contributed by atoms with Gasteiger partial charge in [-0.25, -0.2) is 0 Å². The van der Waals surface area contributed by atoms with E-state index in [0.717, 1.165) is 37.7 Å². The molecule has 0 radical (unpaired) electrons. The first kappa shape index (κ1) is 21.3. The fraction of sp³-hybridized carbons (Fsp3) is 0.696. The molecule has 0 unspecified atom stereocenters. The number of hydrogen-bond acceptors (Lipinski definition) is 4. The Kier molecular flexibility index (Phi) is 7.13. The molecule has 1 saturated heterocycles. The van der Waals surface area contributed by atoms with E-state index < -0.39 is 16.9 Å². The number of aliphatic hydroxyl groups is 2. The largest absolute Gasteiger partial charge is 0.396 e. The fourth-order valence-electron chi connectivity index (χ4n) is 5.21. The standard InChI is InChI=1S/C23H35NO4/c1-28-16-8-12-22(18-25)17-24(15-11-20(22)26)21(27)23(13-6-3-7-14-23)19-9-4-2-5-10-19/h2,4-5,9-10,20,25-26H,3,6-8,11-18H2,1H3/t20-,22+/m1/s1. The van der Waals surface area contributed by atoms with E-state index in [9.17, 15) is 15.0 Å². The Balaban J connectivity index is 1.85. The molecule has 0 bridgehead atoms. The maximum atomic E-state index is 13.9. The number of hydrogen-bond donors (Lipinski definition) is 2. The van der Waals surface area contributed by atoms with Gasteiger partial charge in [0.2, 0.25) is 5.91 Å². The Morgan fingerprint density at radius 3 is 2.57 bits per heavy atom. The van der Waals surface area contributed by atoms with Crippen LogP contribution < -0.4 is 0 Å². The highest BCUT2D eigenvalue weighted by atomic mass is 16.5. The second kappa shape index (κ2) is 9.38. The lowest BCUT2D eigenvalue weighted by Gasteiger charge is -2.49. The summed E-state index contributed by atoms with van der Waals surface area (Å²) in [4.78, 5) is 15.8. The van der Waals surface area contributed by atoms with Crippen molar-refractivity contribution in [1.82, 2.24) is 4.90 Å². The van der Waals surface area contributed by atoms with Gasteiger partial charge in [0.05, 0.1) is 18.1 Å². The van der Waals surface area contributed by atoms with Gasteiger partial charge in [-0.1, -0.05) is 49.6 Å². The number of rotatable bonds is 7. The first-order chi connectivity index (χ1) is 13.6. The minimum absolute atomic E-state index is 0.111. The maximum Gasteiger partial charge on any atom is 0.233 e. The molecule has 1 aromatic rings. The van der Waals surface area contributed by atoms with Crippen LogP contribution in [0.1, 0.15) is 56.9 Å². The summed E-state index contributed by atoms with van der Waals surface area (Å²) in [5.41, 5.74) is -0.00563. The summed E-state index contributed by atoms with van der Waals surface area (Å²) < 4.78 is 5.16. The van der Waals surface area contributed by atoms with Crippen molar-refractivity contribution in [1.29, 1.82) is 0 Å². The highest BCUT2D eigenvalue weighted by molar-refractivity contribution is 5.88. The Morgan fingerprint density at radius 2 is 1.93 bits per heavy atom. The molecule has 3 rings (SSSR count). The molecule has 1 aliphatic heterocycles. The predicted octanol–water partition coefficient (Wildman–Crippen LogP) is 2.89. The summed E-state index contributed by atoms with van der Waals surface area (Å²) in [7, 11) is 1.66. The van der Waals surface area contributed by atoms with Crippen LogP contribution in [0.15, 0.2) is 30.3 Å². The van der Waals surface area contributed by atoms with Crippen molar-refractivity contribution in [3.05, 3.63) is 35.9 Å². The van der Waals surface area contributed by atoms with Gasteiger partial charge in [-0.05, 0) is 37.7 Å². The molecule has 5 nitrogen and oxygen atoms in total. The van der Waals surface area contributed by atoms with Crippen LogP contribution in [-0.2, 0) is 14.9 Å². The van der Waals surface area contributed by atoms with Gasteiger partial charge in [-0.2, -0.15) is 0 Å². The maximum absolute atomic E-state index is 13.9. The van der Waals surface area contributed by atoms with Gasteiger partial charge >= 0.3 is 0 Å². The van der Waals surface area contributed by atoms with E-state index in [1.54, 1.807) is 7.11 Å². The molecule has 1 aliphatic carbocycles. The van der Waals surface area contributed by atoms with Crippen molar-refractivity contribution >= 4 is 5.91 Å². The van der Waals surface area contributed by atoms with E-state index in [0.29, 0.717) is 32.5 Å². The molecular weight excluding hydrogens is 354 g/mol. The van der Waals surface area contributed by atoms with E-state index in [4.69, 9.17) is 4.74 Å². The number of benzene rings is 1. The second-order valence-corrected chi connectivity index (χ2v) is 8.66. The monoisotopic (exact) mass is 389 g/mol. The molecular formula is C23H35NO4. The van der Waals surface area contributed by atoms with Crippen LogP contribution in [0.3, 0.4) is 0 Å². The number of aliphatic hydroxyl groups excluding tert-OH is 2. The highest BCUT2D eigenvalue weighted by Gasteiger charge is 2.48. The lowest BCUT2D eigenvalue weighted by Crippen LogP contribution is -2.59. The third kappa shape index (κ3) is 4.12. The molecule has 2 N–H and O–H groups in total. The Bertz CT molecular complexity index is 629. The smallest absolute Gasteiger partial charge is 0.233 e. The lowest BCUT2D eigenvalue weighted by molar-refractivity contribution is -0.150. The quantitative estimate of drug-likeness (QED) is 0.704. The predicted molar refractivity (Wildman–Crippen MR) is 109 cm³/mol. The Labute approximate surface area is 168 Å². The average molecular weight is 390 g/mol. The molecule has 28 heavy (non-hydrogen) atoms. The summed E-state index contributed by atoms with van der Waals surface area (Å²) in [6, 6.07) is 10.2. The number of amides is 1. The first-order valence-electron chi connectivity index (χ1n) is 10.7.